The zero-order chi connectivity index (χ0) is 15.6. The van der Waals surface area contributed by atoms with E-state index in [9.17, 15) is 15.2 Å². The van der Waals surface area contributed by atoms with Crippen molar-refractivity contribution in [1.29, 1.82) is 0 Å². The first kappa shape index (κ1) is 15.7. The lowest BCUT2D eigenvalue weighted by Gasteiger charge is -2.41. The summed E-state index contributed by atoms with van der Waals surface area (Å²) < 4.78 is 0. The minimum atomic E-state index is -0.737. The van der Waals surface area contributed by atoms with E-state index < -0.39 is 10.5 Å². The molecule has 1 N–H and O–H groups in total. The van der Waals surface area contributed by atoms with Gasteiger partial charge in [0.05, 0.1) is 10.5 Å². The molecule has 1 unspecified atom stereocenters. The minimum Gasteiger partial charge on any atom is -0.389 e. The third-order valence-electron chi connectivity index (χ3n) is 3.56. The second-order valence-corrected chi connectivity index (χ2v) is 6.19. The van der Waals surface area contributed by atoms with Crippen LogP contribution < -0.4 is 4.90 Å². The molecule has 0 spiro atoms. The number of pyridine rings is 1. The maximum absolute atomic E-state index is 11.1. The van der Waals surface area contributed by atoms with Crippen LogP contribution in [0.1, 0.15) is 20.8 Å². The van der Waals surface area contributed by atoms with Crippen LogP contribution in [0, 0.1) is 10.1 Å². The molecule has 0 bridgehead atoms. The molecule has 0 radical (unpaired) electrons. The third-order valence-corrected chi connectivity index (χ3v) is 3.56. The lowest BCUT2D eigenvalue weighted by atomic mass is 10.1. The Morgan fingerprint density at radius 1 is 1.52 bits per heavy atom. The number of nitro groups is 1. The van der Waals surface area contributed by atoms with Crippen LogP contribution in [0.2, 0.25) is 0 Å². The Kier molecular flexibility index (Phi) is 4.43. The second-order valence-electron chi connectivity index (χ2n) is 6.19. The lowest BCUT2D eigenvalue weighted by molar-refractivity contribution is -0.384. The number of β-amino-alcohol motifs (C(OH)–C–C–N with tert-alkyl or cyclic N) is 1. The first-order chi connectivity index (χ1) is 9.78. The molecule has 0 saturated carbocycles. The Balaban J connectivity index is 2.13. The van der Waals surface area contributed by atoms with Crippen molar-refractivity contribution in [2.45, 2.75) is 32.4 Å². The zero-order valence-electron chi connectivity index (χ0n) is 12.7. The van der Waals surface area contributed by atoms with Gasteiger partial charge in [0.25, 0.3) is 0 Å². The largest absolute Gasteiger partial charge is 0.389 e. The Morgan fingerprint density at radius 3 is 2.81 bits per heavy atom. The average Bonchev–Trinajstić information content (AvgIpc) is 2.37. The molecule has 0 aliphatic carbocycles. The van der Waals surface area contributed by atoms with Gasteiger partial charge in [0.2, 0.25) is 5.82 Å². The van der Waals surface area contributed by atoms with E-state index in [-0.39, 0.29) is 11.7 Å². The van der Waals surface area contributed by atoms with Crippen molar-refractivity contribution in [2.24, 2.45) is 0 Å². The van der Waals surface area contributed by atoms with Gasteiger partial charge in [-0.3, -0.25) is 15.0 Å². The van der Waals surface area contributed by atoms with Crippen LogP contribution in [0.15, 0.2) is 18.3 Å². The van der Waals surface area contributed by atoms with Crippen molar-refractivity contribution in [2.75, 3.05) is 31.1 Å². The Hall–Kier alpha value is -1.73. The molecule has 1 atom stereocenters. The maximum atomic E-state index is 11.1. The highest BCUT2D eigenvalue weighted by Crippen LogP contribution is 2.28. The van der Waals surface area contributed by atoms with E-state index in [0.717, 1.165) is 13.1 Å². The van der Waals surface area contributed by atoms with Crippen LogP contribution in [-0.4, -0.2) is 57.7 Å². The van der Waals surface area contributed by atoms with E-state index in [1.807, 2.05) is 11.8 Å². The number of nitrogens with zero attached hydrogens (tertiary/aromatic N) is 4. The summed E-state index contributed by atoms with van der Waals surface area (Å²) in [6.45, 7) is 8.35. The van der Waals surface area contributed by atoms with Gasteiger partial charge in [-0.05, 0) is 26.8 Å². The van der Waals surface area contributed by atoms with Crippen LogP contribution >= 0.6 is 0 Å². The molecule has 1 saturated heterocycles. The molecule has 21 heavy (non-hydrogen) atoms. The number of hydrogen-bond donors (Lipinski definition) is 1. The van der Waals surface area contributed by atoms with Gasteiger partial charge in [-0.1, -0.05) is 0 Å². The molecule has 1 aromatic heterocycles. The van der Waals surface area contributed by atoms with Crippen molar-refractivity contribution < 1.29 is 10.0 Å². The summed E-state index contributed by atoms with van der Waals surface area (Å²) in [4.78, 5) is 19.1. The van der Waals surface area contributed by atoms with Gasteiger partial charge in [-0.15, -0.1) is 0 Å². The minimum absolute atomic E-state index is 0.0419. The predicted octanol–water partition coefficient (Wildman–Crippen LogP) is 1.27. The maximum Gasteiger partial charge on any atom is 0.311 e. The van der Waals surface area contributed by atoms with Gasteiger partial charge >= 0.3 is 5.69 Å². The number of aromatic nitrogens is 1. The fourth-order valence-corrected chi connectivity index (χ4v) is 2.79. The molecule has 1 aliphatic rings. The lowest BCUT2D eigenvalue weighted by Crippen LogP contribution is -2.55. The number of hydrogen-bond acceptors (Lipinski definition) is 6. The topological polar surface area (TPSA) is 82.7 Å². The number of rotatable bonds is 4. The van der Waals surface area contributed by atoms with E-state index in [1.54, 1.807) is 26.1 Å². The van der Waals surface area contributed by atoms with Gasteiger partial charge in [-0.2, -0.15) is 0 Å². The summed E-state index contributed by atoms with van der Waals surface area (Å²) in [5, 5.41) is 21.0. The van der Waals surface area contributed by atoms with Gasteiger partial charge in [0.15, 0.2) is 0 Å². The van der Waals surface area contributed by atoms with E-state index in [2.05, 4.69) is 9.88 Å². The molecule has 116 valence electrons. The summed E-state index contributed by atoms with van der Waals surface area (Å²) in [6, 6.07) is 3.17. The molecule has 1 fully saturated rings. The Labute approximate surface area is 124 Å². The summed E-state index contributed by atoms with van der Waals surface area (Å²) in [5.74, 6) is 0.429. The smallest absolute Gasteiger partial charge is 0.311 e. The zero-order valence-corrected chi connectivity index (χ0v) is 12.7. The van der Waals surface area contributed by atoms with Crippen molar-refractivity contribution >= 4 is 11.5 Å². The first-order valence-corrected chi connectivity index (χ1v) is 7.09. The Morgan fingerprint density at radius 2 is 2.24 bits per heavy atom. The van der Waals surface area contributed by atoms with Crippen LogP contribution in [0.5, 0.6) is 0 Å². The van der Waals surface area contributed by atoms with E-state index in [1.165, 1.54) is 6.07 Å². The highest BCUT2D eigenvalue weighted by molar-refractivity contribution is 5.58. The fourth-order valence-electron chi connectivity index (χ4n) is 2.79. The van der Waals surface area contributed by atoms with E-state index in [4.69, 9.17) is 0 Å². The first-order valence-electron chi connectivity index (χ1n) is 7.09. The summed E-state index contributed by atoms with van der Waals surface area (Å²) in [6.07, 6.45) is 1.58. The number of aliphatic hydroxyl groups is 1. The average molecular weight is 294 g/mol. The highest BCUT2D eigenvalue weighted by Gasteiger charge is 2.31. The van der Waals surface area contributed by atoms with Gasteiger partial charge in [0.1, 0.15) is 0 Å². The van der Waals surface area contributed by atoms with Gasteiger partial charge in [-0.25, -0.2) is 4.98 Å². The van der Waals surface area contributed by atoms with Crippen LogP contribution in [0.3, 0.4) is 0 Å². The third kappa shape index (κ3) is 3.89. The molecule has 7 heteroatoms. The molecule has 2 heterocycles. The molecule has 0 amide bonds. The van der Waals surface area contributed by atoms with E-state index in [0.29, 0.717) is 18.9 Å². The molecule has 1 aliphatic heterocycles. The van der Waals surface area contributed by atoms with Gasteiger partial charge < -0.3 is 10.0 Å². The summed E-state index contributed by atoms with van der Waals surface area (Å²) in [7, 11) is 0. The molecule has 7 nitrogen and oxygen atoms in total. The van der Waals surface area contributed by atoms with Gasteiger partial charge in [0, 0.05) is 44.5 Å². The quantitative estimate of drug-likeness (QED) is 0.665. The number of piperazine rings is 1. The van der Waals surface area contributed by atoms with Crippen molar-refractivity contribution in [3.05, 3.63) is 28.4 Å². The van der Waals surface area contributed by atoms with Crippen molar-refractivity contribution in [1.82, 2.24) is 9.88 Å². The SMILES string of the molecule is CC1CN(CC(C)(C)O)CCN1c1ncccc1[N+](=O)[O-]. The Bertz CT molecular complexity index is 515. The van der Waals surface area contributed by atoms with Crippen LogP contribution in [0.25, 0.3) is 0 Å². The molecular weight excluding hydrogens is 272 g/mol. The standard InChI is InChI=1S/C14H22N4O3/c1-11-9-16(10-14(2,3)19)7-8-17(11)13-12(18(20)21)5-4-6-15-13/h4-6,11,19H,7-10H2,1-3H3. The second kappa shape index (κ2) is 5.95. The van der Waals surface area contributed by atoms with Crippen molar-refractivity contribution in [3.8, 4) is 0 Å². The fraction of sp³-hybridized carbons (Fsp3) is 0.643. The predicted molar refractivity (Wildman–Crippen MR) is 80.4 cm³/mol. The number of anilines is 1. The molecule has 0 aromatic carbocycles. The van der Waals surface area contributed by atoms with Crippen molar-refractivity contribution in [3.63, 3.8) is 0 Å². The summed E-state index contributed by atoms with van der Waals surface area (Å²) >= 11 is 0. The molecule has 1 aromatic rings. The molecular formula is C14H22N4O3. The molecule has 2 rings (SSSR count). The highest BCUT2D eigenvalue weighted by atomic mass is 16.6. The van der Waals surface area contributed by atoms with Crippen LogP contribution in [-0.2, 0) is 0 Å². The van der Waals surface area contributed by atoms with Crippen LogP contribution in [0.4, 0.5) is 11.5 Å². The van der Waals surface area contributed by atoms with E-state index >= 15 is 0 Å². The normalized spacial score (nSPS) is 20.6. The monoisotopic (exact) mass is 294 g/mol. The summed E-state index contributed by atoms with van der Waals surface area (Å²) in [5.41, 5.74) is -0.695.